The Kier molecular flexibility index (Phi) is 5.02. The summed E-state index contributed by atoms with van der Waals surface area (Å²) in [5, 5.41) is 9.19. The fraction of sp³-hybridized carbons (Fsp3) is 0.263. The van der Waals surface area contributed by atoms with Crippen LogP contribution in [-0.4, -0.2) is 42.6 Å². The van der Waals surface area contributed by atoms with Gasteiger partial charge in [0, 0.05) is 38.9 Å². The van der Waals surface area contributed by atoms with Crippen molar-refractivity contribution >= 4 is 11.9 Å². The fourth-order valence-corrected chi connectivity index (χ4v) is 2.78. The molecule has 0 atom stereocenters. The smallest absolute Gasteiger partial charge is 0.146 e. The van der Waals surface area contributed by atoms with Gasteiger partial charge in [0.25, 0.3) is 0 Å². The Morgan fingerprint density at radius 2 is 1.83 bits per heavy atom. The minimum Gasteiger partial charge on any atom is -0.353 e. The van der Waals surface area contributed by atoms with Crippen molar-refractivity contribution < 1.29 is 0 Å². The maximum atomic E-state index is 9.19. The summed E-state index contributed by atoms with van der Waals surface area (Å²) in [6, 6.07) is 16.2. The van der Waals surface area contributed by atoms with Crippen molar-refractivity contribution in [2.75, 3.05) is 37.6 Å². The maximum absolute atomic E-state index is 9.19. The lowest BCUT2D eigenvalue weighted by Gasteiger charge is -2.35. The standard InChI is InChI=1S/C19H20N4/c20-16-18-9-4-10-21-19(18)23-14-12-22(13-15-23)11-5-8-17-6-2-1-3-7-17/h1-10H,11-15H2/b8-5+. The van der Waals surface area contributed by atoms with Gasteiger partial charge in [-0.05, 0) is 17.7 Å². The molecule has 0 N–H and O–H groups in total. The number of nitriles is 1. The third-order valence-corrected chi connectivity index (χ3v) is 4.05. The van der Waals surface area contributed by atoms with Crippen molar-refractivity contribution in [1.82, 2.24) is 9.88 Å². The highest BCUT2D eigenvalue weighted by Crippen LogP contribution is 2.17. The number of rotatable bonds is 4. The molecule has 0 bridgehead atoms. The quantitative estimate of drug-likeness (QED) is 0.871. The Hall–Kier alpha value is -2.64. The van der Waals surface area contributed by atoms with E-state index in [-0.39, 0.29) is 0 Å². The molecule has 0 spiro atoms. The molecule has 116 valence electrons. The van der Waals surface area contributed by atoms with E-state index in [0.717, 1.165) is 38.5 Å². The monoisotopic (exact) mass is 304 g/mol. The zero-order valence-electron chi connectivity index (χ0n) is 13.1. The Morgan fingerprint density at radius 3 is 2.57 bits per heavy atom. The van der Waals surface area contributed by atoms with Crippen LogP contribution in [0, 0.1) is 11.3 Å². The third-order valence-electron chi connectivity index (χ3n) is 4.05. The molecular weight excluding hydrogens is 284 g/mol. The molecule has 1 aliphatic rings. The van der Waals surface area contributed by atoms with Crippen molar-refractivity contribution in [3.63, 3.8) is 0 Å². The molecule has 1 aromatic carbocycles. The van der Waals surface area contributed by atoms with Gasteiger partial charge in [-0.2, -0.15) is 5.26 Å². The van der Waals surface area contributed by atoms with Gasteiger partial charge < -0.3 is 4.90 Å². The van der Waals surface area contributed by atoms with Crippen molar-refractivity contribution in [3.8, 4) is 6.07 Å². The molecule has 23 heavy (non-hydrogen) atoms. The second kappa shape index (κ2) is 7.57. The normalized spacial score (nSPS) is 15.7. The SMILES string of the molecule is N#Cc1cccnc1N1CCN(C/C=C/c2ccccc2)CC1. The van der Waals surface area contributed by atoms with Crippen LogP contribution in [0.1, 0.15) is 11.1 Å². The van der Waals surface area contributed by atoms with E-state index in [4.69, 9.17) is 0 Å². The van der Waals surface area contributed by atoms with E-state index in [9.17, 15) is 5.26 Å². The number of pyridine rings is 1. The molecule has 0 aliphatic carbocycles. The van der Waals surface area contributed by atoms with Gasteiger partial charge >= 0.3 is 0 Å². The number of anilines is 1. The number of aromatic nitrogens is 1. The summed E-state index contributed by atoms with van der Waals surface area (Å²) in [6.45, 7) is 4.74. The van der Waals surface area contributed by atoms with Gasteiger partial charge in [0.1, 0.15) is 11.9 Å². The highest BCUT2D eigenvalue weighted by molar-refractivity contribution is 5.53. The minimum atomic E-state index is 0.657. The Bertz CT molecular complexity index is 695. The van der Waals surface area contributed by atoms with Crippen LogP contribution < -0.4 is 4.90 Å². The summed E-state index contributed by atoms with van der Waals surface area (Å²) in [5.41, 5.74) is 1.89. The van der Waals surface area contributed by atoms with Gasteiger partial charge in [-0.1, -0.05) is 42.5 Å². The average Bonchev–Trinajstić information content (AvgIpc) is 2.63. The second-order valence-corrected chi connectivity index (χ2v) is 5.59. The van der Waals surface area contributed by atoms with Crippen molar-refractivity contribution in [2.45, 2.75) is 0 Å². The summed E-state index contributed by atoms with van der Waals surface area (Å²) in [4.78, 5) is 9.00. The van der Waals surface area contributed by atoms with Gasteiger partial charge in [0.15, 0.2) is 0 Å². The molecule has 2 heterocycles. The van der Waals surface area contributed by atoms with Crippen molar-refractivity contribution in [2.24, 2.45) is 0 Å². The molecule has 0 unspecified atom stereocenters. The molecule has 1 aliphatic heterocycles. The van der Waals surface area contributed by atoms with Gasteiger partial charge in [-0.15, -0.1) is 0 Å². The molecule has 1 aromatic heterocycles. The number of hydrogen-bond donors (Lipinski definition) is 0. The van der Waals surface area contributed by atoms with E-state index in [0.29, 0.717) is 5.56 Å². The second-order valence-electron chi connectivity index (χ2n) is 5.59. The van der Waals surface area contributed by atoms with Crippen LogP contribution in [0.2, 0.25) is 0 Å². The average molecular weight is 304 g/mol. The first-order chi connectivity index (χ1) is 11.4. The summed E-state index contributed by atoms with van der Waals surface area (Å²) in [5.74, 6) is 0.814. The summed E-state index contributed by atoms with van der Waals surface area (Å²) >= 11 is 0. The largest absolute Gasteiger partial charge is 0.353 e. The van der Waals surface area contributed by atoms with Crippen LogP contribution >= 0.6 is 0 Å². The molecular formula is C19H20N4. The van der Waals surface area contributed by atoms with E-state index in [2.05, 4.69) is 57.3 Å². The van der Waals surface area contributed by atoms with E-state index in [1.807, 2.05) is 18.2 Å². The first kappa shape index (κ1) is 15.3. The predicted octanol–water partition coefficient (Wildman–Crippen LogP) is 2.79. The highest BCUT2D eigenvalue weighted by atomic mass is 15.3. The maximum Gasteiger partial charge on any atom is 0.146 e. The molecule has 4 heteroatoms. The van der Waals surface area contributed by atoms with Gasteiger partial charge in [0.05, 0.1) is 5.56 Å². The molecule has 1 saturated heterocycles. The number of nitrogens with zero attached hydrogens (tertiary/aromatic N) is 4. The van der Waals surface area contributed by atoms with Crippen LogP contribution in [0.4, 0.5) is 5.82 Å². The third kappa shape index (κ3) is 3.97. The summed E-state index contributed by atoms with van der Waals surface area (Å²) in [6.07, 6.45) is 6.14. The van der Waals surface area contributed by atoms with Crippen LogP contribution in [0.3, 0.4) is 0 Å². The molecule has 0 radical (unpaired) electrons. The zero-order valence-corrected chi connectivity index (χ0v) is 13.1. The molecule has 3 rings (SSSR count). The number of piperazine rings is 1. The van der Waals surface area contributed by atoms with Crippen molar-refractivity contribution in [1.29, 1.82) is 5.26 Å². The minimum absolute atomic E-state index is 0.657. The fourth-order valence-electron chi connectivity index (χ4n) is 2.78. The van der Waals surface area contributed by atoms with E-state index >= 15 is 0 Å². The van der Waals surface area contributed by atoms with E-state index in [1.54, 1.807) is 6.20 Å². The van der Waals surface area contributed by atoms with Crippen LogP contribution in [-0.2, 0) is 0 Å². The van der Waals surface area contributed by atoms with Crippen molar-refractivity contribution in [3.05, 3.63) is 65.9 Å². The molecule has 1 fully saturated rings. The summed E-state index contributed by atoms with van der Waals surface area (Å²) in [7, 11) is 0. The first-order valence-electron chi connectivity index (χ1n) is 7.91. The topological polar surface area (TPSA) is 43.2 Å². The number of benzene rings is 1. The Balaban J connectivity index is 1.53. The Labute approximate surface area is 137 Å². The predicted molar refractivity (Wildman–Crippen MR) is 93.1 cm³/mol. The van der Waals surface area contributed by atoms with E-state index < -0.39 is 0 Å². The van der Waals surface area contributed by atoms with E-state index in [1.165, 1.54) is 5.56 Å². The lowest BCUT2D eigenvalue weighted by atomic mass is 10.2. The van der Waals surface area contributed by atoms with Crippen LogP contribution in [0.5, 0.6) is 0 Å². The molecule has 2 aromatic rings. The highest BCUT2D eigenvalue weighted by Gasteiger charge is 2.19. The van der Waals surface area contributed by atoms with Gasteiger partial charge in [-0.25, -0.2) is 4.98 Å². The molecule has 0 saturated carbocycles. The lowest BCUT2D eigenvalue weighted by molar-refractivity contribution is 0.283. The number of hydrogen-bond acceptors (Lipinski definition) is 4. The Morgan fingerprint density at radius 1 is 1.04 bits per heavy atom. The van der Waals surface area contributed by atoms with Crippen LogP contribution in [0.25, 0.3) is 6.08 Å². The van der Waals surface area contributed by atoms with Crippen LogP contribution in [0.15, 0.2) is 54.7 Å². The van der Waals surface area contributed by atoms with Gasteiger partial charge in [-0.3, -0.25) is 4.90 Å². The lowest BCUT2D eigenvalue weighted by Crippen LogP contribution is -2.46. The molecule has 0 amide bonds. The van der Waals surface area contributed by atoms with Gasteiger partial charge in [0.2, 0.25) is 0 Å². The summed E-state index contributed by atoms with van der Waals surface area (Å²) < 4.78 is 0. The first-order valence-corrected chi connectivity index (χ1v) is 7.91. The molecule has 4 nitrogen and oxygen atoms in total. The zero-order chi connectivity index (χ0) is 15.9.